The smallest absolute Gasteiger partial charge is 0.0621 e. The minimum absolute atomic E-state index is 0.736. The van der Waals surface area contributed by atoms with Crippen LogP contribution >= 0.6 is 0 Å². The molecule has 0 spiro atoms. The van der Waals surface area contributed by atoms with Gasteiger partial charge in [0.05, 0.1) is 6.07 Å². The van der Waals surface area contributed by atoms with E-state index in [1.165, 1.54) is 32.5 Å². The lowest BCUT2D eigenvalue weighted by atomic mass is 10.2. The first-order chi connectivity index (χ1) is 4.93. The van der Waals surface area contributed by atoms with E-state index in [1.807, 2.05) is 0 Å². The number of nitriles is 1. The highest BCUT2D eigenvalue weighted by atomic mass is 15.2. The van der Waals surface area contributed by atoms with Crippen LogP contribution in [0.5, 0.6) is 0 Å². The second-order valence-electron chi connectivity index (χ2n) is 2.81. The van der Waals surface area contributed by atoms with Crippen molar-refractivity contribution in [2.24, 2.45) is 0 Å². The van der Waals surface area contributed by atoms with Crippen LogP contribution in [0.15, 0.2) is 0 Å². The number of unbranched alkanes of at least 4 members (excludes halogenated alkanes) is 3. The highest BCUT2D eigenvalue weighted by molar-refractivity contribution is 4.72. The number of hydrogen-bond donors (Lipinski definition) is 0. The Balaban J connectivity index is 1.73. The van der Waals surface area contributed by atoms with Crippen molar-refractivity contribution in [2.75, 3.05) is 19.6 Å². The molecule has 0 radical (unpaired) electrons. The van der Waals surface area contributed by atoms with Gasteiger partial charge in [0.15, 0.2) is 0 Å². The minimum Gasteiger partial charge on any atom is -0.301 e. The van der Waals surface area contributed by atoms with Gasteiger partial charge in [0, 0.05) is 19.5 Å². The monoisotopic (exact) mass is 138 g/mol. The largest absolute Gasteiger partial charge is 0.301 e. The zero-order valence-corrected chi connectivity index (χ0v) is 6.34. The molecule has 0 unspecified atom stereocenters. The topological polar surface area (TPSA) is 26.8 Å². The van der Waals surface area contributed by atoms with Crippen molar-refractivity contribution in [3.63, 3.8) is 0 Å². The maximum atomic E-state index is 8.23. The predicted molar refractivity (Wildman–Crippen MR) is 40.5 cm³/mol. The zero-order chi connectivity index (χ0) is 7.23. The molecule has 0 aromatic rings. The molecular weight excluding hydrogens is 124 g/mol. The van der Waals surface area contributed by atoms with Gasteiger partial charge in [-0.3, -0.25) is 0 Å². The van der Waals surface area contributed by atoms with E-state index in [9.17, 15) is 0 Å². The van der Waals surface area contributed by atoms with Crippen LogP contribution in [0.1, 0.15) is 25.7 Å². The third-order valence-corrected chi connectivity index (χ3v) is 1.80. The number of hydrogen-bond acceptors (Lipinski definition) is 2. The molecule has 0 aromatic heterocycles. The SMILES string of the molecule is N#CCCCCCN1CC1. The van der Waals surface area contributed by atoms with Crippen molar-refractivity contribution >= 4 is 0 Å². The van der Waals surface area contributed by atoms with Crippen LogP contribution in [0, 0.1) is 11.3 Å². The Morgan fingerprint density at radius 3 is 2.60 bits per heavy atom. The van der Waals surface area contributed by atoms with E-state index in [2.05, 4.69) is 11.0 Å². The van der Waals surface area contributed by atoms with Crippen LogP contribution in [-0.4, -0.2) is 24.5 Å². The molecule has 0 bridgehead atoms. The first-order valence-electron chi connectivity index (χ1n) is 4.03. The first-order valence-corrected chi connectivity index (χ1v) is 4.03. The summed E-state index contributed by atoms with van der Waals surface area (Å²) in [6.07, 6.45) is 4.33. The van der Waals surface area contributed by atoms with Gasteiger partial charge in [0.2, 0.25) is 0 Å². The third-order valence-electron chi connectivity index (χ3n) is 1.80. The molecule has 1 aliphatic heterocycles. The number of nitrogens with zero attached hydrogens (tertiary/aromatic N) is 2. The van der Waals surface area contributed by atoms with Gasteiger partial charge in [0.25, 0.3) is 0 Å². The van der Waals surface area contributed by atoms with E-state index in [0.717, 1.165) is 12.8 Å². The Morgan fingerprint density at radius 1 is 1.20 bits per heavy atom. The fourth-order valence-electron chi connectivity index (χ4n) is 1.01. The second kappa shape index (κ2) is 4.29. The maximum Gasteiger partial charge on any atom is 0.0621 e. The van der Waals surface area contributed by atoms with E-state index >= 15 is 0 Å². The first kappa shape index (κ1) is 7.56. The average molecular weight is 138 g/mol. The molecule has 10 heavy (non-hydrogen) atoms. The average Bonchev–Trinajstić information content (AvgIpc) is 2.71. The van der Waals surface area contributed by atoms with Crippen LogP contribution in [0.4, 0.5) is 0 Å². The minimum atomic E-state index is 0.736. The van der Waals surface area contributed by atoms with Crippen LogP contribution in [0.3, 0.4) is 0 Å². The van der Waals surface area contributed by atoms with Gasteiger partial charge in [-0.2, -0.15) is 5.26 Å². The molecule has 2 heteroatoms. The summed E-state index contributed by atoms with van der Waals surface area (Å²) in [5.41, 5.74) is 0. The zero-order valence-electron chi connectivity index (χ0n) is 6.34. The molecule has 0 atom stereocenters. The van der Waals surface area contributed by atoms with Gasteiger partial charge in [-0.15, -0.1) is 0 Å². The predicted octanol–water partition coefficient (Wildman–Crippen LogP) is 1.39. The van der Waals surface area contributed by atoms with Crippen LogP contribution in [-0.2, 0) is 0 Å². The van der Waals surface area contributed by atoms with E-state index < -0.39 is 0 Å². The second-order valence-corrected chi connectivity index (χ2v) is 2.81. The summed E-state index contributed by atoms with van der Waals surface area (Å²) in [5, 5.41) is 8.23. The van der Waals surface area contributed by atoms with Crippen LogP contribution < -0.4 is 0 Å². The molecule has 1 heterocycles. The summed E-state index contributed by atoms with van der Waals surface area (Å²) in [5.74, 6) is 0. The lowest BCUT2D eigenvalue weighted by molar-refractivity contribution is 0.513. The molecule has 1 rings (SSSR count). The summed E-state index contributed by atoms with van der Waals surface area (Å²) in [7, 11) is 0. The van der Waals surface area contributed by atoms with Gasteiger partial charge in [-0.25, -0.2) is 0 Å². The van der Waals surface area contributed by atoms with Crippen molar-refractivity contribution in [1.82, 2.24) is 4.90 Å². The van der Waals surface area contributed by atoms with Gasteiger partial charge < -0.3 is 4.90 Å². The fourth-order valence-corrected chi connectivity index (χ4v) is 1.01. The molecule has 1 aliphatic rings. The Morgan fingerprint density at radius 2 is 2.00 bits per heavy atom. The lowest BCUT2D eigenvalue weighted by Gasteiger charge is -1.97. The molecule has 0 N–H and O–H groups in total. The third kappa shape index (κ3) is 3.47. The lowest BCUT2D eigenvalue weighted by Crippen LogP contribution is -1.97. The summed E-state index contributed by atoms with van der Waals surface area (Å²) in [6.45, 7) is 3.86. The van der Waals surface area contributed by atoms with Gasteiger partial charge in [-0.05, 0) is 19.4 Å². The van der Waals surface area contributed by atoms with Gasteiger partial charge in [-0.1, -0.05) is 6.42 Å². The van der Waals surface area contributed by atoms with Crippen LogP contribution in [0.25, 0.3) is 0 Å². The van der Waals surface area contributed by atoms with E-state index in [4.69, 9.17) is 5.26 Å². The highest BCUT2D eigenvalue weighted by Gasteiger charge is 2.14. The van der Waals surface area contributed by atoms with Crippen molar-refractivity contribution < 1.29 is 0 Å². The molecule has 56 valence electrons. The molecule has 0 saturated carbocycles. The Hall–Kier alpha value is -0.550. The maximum absolute atomic E-state index is 8.23. The molecule has 0 amide bonds. The Kier molecular flexibility index (Phi) is 3.25. The highest BCUT2D eigenvalue weighted by Crippen LogP contribution is 2.07. The standard InChI is InChI=1S/C8H14N2/c9-5-3-1-2-4-6-10-7-8-10/h1-4,6-8H2. The summed E-state index contributed by atoms with van der Waals surface area (Å²) in [4.78, 5) is 2.42. The van der Waals surface area contributed by atoms with E-state index in [-0.39, 0.29) is 0 Å². The summed E-state index contributed by atoms with van der Waals surface area (Å²) < 4.78 is 0. The molecular formula is C8H14N2. The molecule has 2 nitrogen and oxygen atoms in total. The van der Waals surface area contributed by atoms with Crippen molar-refractivity contribution in [3.8, 4) is 6.07 Å². The van der Waals surface area contributed by atoms with Crippen molar-refractivity contribution in [3.05, 3.63) is 0 Å². The Bertz CT molecular complexity index is 122. The van der Waals surface area contributed by atoms with Crippen molar-refractivity contribution in [1.29, 1.82) is 5.26 Å². The summed E-state index contributed by atoms with van der Waals surface area (Å²) >= 11 is 0. The van der Waals surface area contributed by atoms with Gasteiger partial charge >= 0.3 is 0 Å². The quantitative estimate of drug-likeness (QED) is 0.424. The van der Waals surface area contributed by atoms with Crippen LogP contribution in [0.2, 0.25) is 0 Å². The fraction of sp³-hybridized carbons (Fsp3) is 0.875. The number of rotatable bonds is 5. The normalized spacial score (nSPS) is 16.7. The van der Waals surface area contributed by atoms with E-state index in [1.54, 1.807) is 0 Å². The van der Waals surface area contributed by atoms with Crippen molar-refractivity contribution in [2.45, 2.75) is 25.7 Å². The van der Waals surface area contributed by atoms with Gasteiger partial charge in [0.1, 0.15) is 0 Å². The summed E-state index contributed by atoms with van der Waals surface area (Å²) in [6, 6.07) is 2.16. The molecule has 0 aromatic carbocycles. The Labute approximate surface area is 62.4 Å². The molecule has 1 fully saturated rings. The van der Waals surface area contributed by atoms with E-state index in [0.29, 0.717) is 0 Å². The molecule has 1 saturated heterocycles. The molecule has 0 aliphatic carbocycles.